The van der Waals surface area contributed by atoms with E-state index < -0.39 is 16.1 Å². The molecule has 0 radical (unpaired) electrons. The maximum atomic E-state index is 12.5. The first-order valence-corrected chi connectivity index (χ1v) is 10.1. The standard InChI is InChI=1S/C19H22N4O4S/c1-11-4-5-15(28(25,26)23-8-12(2)24)7-16(11)14-6-17(19(20)22-9-14)18-10-21-13(3)27-18/h4-7,9-10,12,23-24H,8H2,1-3H3,(H2,20,22). The van der Waals surface area contributed by atoms with Crippen LogP contribution in [0.15, 0.2) is 46.0 Å². The minimum Gasteiger partial charge on any atom is -0.441 e. The van der Waals surface area contributed by atoms with Crippen LogP contribution in [0.2, 0.25) is 0 Å². The Hall–Kier alpha value is -2.75. The minimum absolute atomic E-state index is 0.0655. The summed E-state index contributed by atoms with van der Waals surface area (Å²) in [5.41, 5.74) is 8.84. The number of nitrogens with two attached hydrogens (primary N) is 1. The Balaban J connectivity index is 2.05. The average Bonchev–Trinajstić information content (AvgIpc) is 3.07. The van der Waals surface area contributed by atoms with Gasteiger partial charge in [0.2, 0.25) is 10.0 Å². The number of hydrogen-bond acceptors (Lipinski definition) is 7. The van der Waals surface area contributed by atoms with Crippen LogP contribution in [0.25, 0.3) is 22.5 Å². The lowest BCUT2D eigenvalue weighted by molar-refractivity contribution is 0.198. The lowest BCUT2D eigenvalue weighted by Crippen LogP contribution is -2.30. The Morgan fingerprint density at radius 2 is 1.93 bits per heavy atom. The highest BCUT2D eigenvalue weighted by Gasteiger charge is 2.18. The maximum absolute atomic E-state index is 12.5. The van der Waals surface area contributed by atoms with E-state index in [2.05, 4.69) is 14.7 Å². The molecule has 0 aliphatic heterocycles. The van der Waals surface area contributed by atoms with Crippen molar-refractivity contribution in [2.75, 3.05) is 12.3 Å². The third kappa shape index (κ3) is 4.22. The number of sulfonamides is 1. The van der Waals surface area contributed by atoms with E-state index in [9.17, 15) is 13.5 Å². The highest BCUT2D eigenvalue weighted by Crippen LogP contribution is 2.32. The molecule has 0 spiro atoms. The fourth-order valence-corrected chi connectivity index (χ4v) is 3.85. The molecule has 28 heavy (non-hydrogen) atoms. The quantitative estimate of drug-likeness (QED) is 0.576. The van der Waals surface area contributed by atoms with Crippen LogP contribution in [-0.4, -0.2) is 36.1 Å². The van der Waals surface area contributed by atoms with Crippen LogP contribution in [0.4, 0.5) is 5.82 Å². The van der Waals surface area contributed by atoms with Crippen LogP contribution in [0, 0.1) is 13.8 Å². The van der Waals surface area contributed by atoms with Crippen molar-refractivity contribution in [3.63, 3.8) is 0 Å². The van der Waals surface area contributed by atoms with Crippen molar-refractivity contribution in [1.29, 1.82) is 0 Å². The lowest BCUT2D eigenvalue weighted by atomic mass is 10.0. The van der Waals surface area contributed by atoms with Crippen molar-refractivity contribution in [2.45, 2.75) is 31.8 Å². The van der Waals surface area contributed by atoms with Gasteiger partial charge in [-0.05, 0) is 43.2 Å². The number of aromatic nitrogens is 2. The highest BCUT2D eigenvalue weighted by molar-refractivity contribution is 7.89. The second kappa shape index (κ2) is 7.70. The van der Waals surface area contributed by atoms with Crippen molar-refractivity contribution in [2.24, 2.45) is 0 Å². The van der Waals surface area contributed by atoms with Gasteiger partial charge in [-0.15, -0.1) is 0 Å². The zero-order valence-corrected chi connectivity index (χ0v) is 16.6. The van der Waals surface area contributed by atoms with Gasteiger partial charge in [0.05, 0.1) is 22.8 Å². The Labute approximate surface area is 163 Å². The molecule has 0 aliphatic carbocycles. The number of aliphatic hydroxyl groups excluding tert-OH is 1. The monoisotopic (exact) mass is 402 g/mol. The van der Waals surface area contributed by atoms with Gasteiger partial charge in [0.15, 0.2) is 11.7 Å². The summed E-state index contributed by atoms with van der Waals surface area (Å²) < 4.78 is 32.9. The van der Waals surface area contributed by atoms with E-state index in [1.807, 2.05) is 6.92 Å². The molecule has 1 aromatic carbocycles. The van der Waals surface area contributed by atoms with E-state index >= 15 is 0 Å². The lowest BCUT2D eigenvalue weighted by Gasteiger charge is -2.12. The first kappa shape index (κ1) is 20.0. The number of aryl methyl sites for hydroxylation is 2. The molecule has 1 atom stereocenters. The first-order chi connectivity index (χ1) is 13.2. The molecule has 9 heteroatoms. The number of nitrogens with one attached hydrogen (secondary N) is 1. The number of nitrogens with zero attached hydrogens (tertiary/aromatic N) is 2. The topological polar surface area (TPSA) is 131 Å². The van der Waals surface area contributed by atoms with Crippen molar-refractivity contribution in [3.05, 3.63) is 48.1 Å². The minimum atomic E-state index is -3.75. The summed E-state index contributed by atoms with van der Waals surface area (Å²) in [5, 5.41) is 9.34. The largest absolute Gasteiger partial charge is 0.441 e. The van der Waals surface area contributed by atoms with E-state index in [4.69, 9.17) is 10.2 Å². The van der Waals surface area contributed by atoms with Gasteiger partial charge in [-0.1, -0.05) is 6.07 Å². The SMILES string of the molecule is Cc1ncc(-c2cc(-c3cc(S(=O)(=O)NCC(C)O)ccc3C)cnc2N)o1. The van der Waals surface area contributed by atoms with E-state index in [0.29, 0.717) is 34.2 Å². The van der Waals surface area contributed by atoms with Crippen LogP contribution in [0.1, 0.15) is 18.4 Å². The number of benzene rings is 1. The molecule has 2 heterocycles. The van der Waals surface area contributed by atoms with Gasteiger partial charge in [0.25, 0.3) is 0 Å². The number of pyridine rings is 1. The Morgan fingerprint density at radius 3 is 2.57 bits per heavy atom. The molecule has 0 saturated heterocycles. The fourth-order valence-electron chi connectivity index (χ4n) is 2.70. The molecular weight excluding hydrogens is 380 g/mol. The summed E-state index contributed by atoms with van der Waals surface area (Å²) in [5.74, 6) is 1.29. The first-order valence-electron chi connectivity index (χ1n) is 8.64. The Kier molecular flexibility index (Phi) is 5.50. The van der Waals surface area contributed by atoms with Crippen LogP contribution < -0.4 is 10.5 Å². The molecule has 0 fully saturated rings. The van der Waals surface area contributed by atoms with Gasteiger partial charge in [0.1, 0.15) is 5.82 Å². The summed E-state index contributed by atoms with van der Waals surface area (Å²) in [6, 6.07) is 6.61. The van der Waals surface area contributed by atoms with Crippen LogP contribution in [-0.2, 0) is 10.0 Å². The number of hydrogen-bond donors (Lipinski definition) is 3. The van der Waals surface area contributed by atoms with Crippen molar-refractivity contribution in [1.82, 2.24) is 14.7 Å². The summed E-state index contributed by atoms with van der Waals surface area (Å²) in [7, 11) is -3.75. The predicted octanol–water partition coefficient (Wildman–Crippen LogP) is 2.26. The smallest absolute Gasteiger partial charge is 0.240 e. The van der Waals surface area contributed by atoms with Crippen LogP contribution in [0.5, 0.6) is 0 Å². The van der Waals surface area contributed by atoms with Gasteiger partial charge in [-0.2, -0.15) is 0 Å². The summed E-state index contributed by atoms with van der Waals surface area (Å²) >= 11 is 0. The molecule has 2 aromatic heterocycles. The molecule has 3 aromatic rings. The van der Waals surface area contributed by atoms with Gasteiger partial charge in [-0.3, -0.25) is 0 Å². The van der Waals surface area contributed by atoms with Crippen LogP contribution >= 0.6 is 0 Å². The number of oxazole rings is 1. The number of rotatable bonds is 6. The molecule has 0 amide bonds. The van der Waals surface area contributed by atoms with Crippen molar-refractivity contribution >= 4 is 15.8 Å². The summed E-state index contributed by atoms with van der Waals surface area (Å²) in [6.45, 7) is 5.05. The zero-order chi connectivity index (χ0) is 20.5. The summed E-state index contributed by atoms with van der Waals surface area (Å²) in [4.78, 5) is 8.40. The molecule has 0 saturated carbocycles. The van der Waals surface area contributed by atoms with E-state index in [1.54, 1.807) is 37.5 Å². The normalized spacial score (nSPS) is 12.9. The number of nitrogen functional groups attached to an aromatic ring is 1. The molecular formula is C19H22N4O4S. The molecule has 8 nitrogen and oxygen atoms in total. The van der Waals surface area contributed by atoms with E-state index in [1.165, 1.54) is 13.0 Å². The maximum Gasteiger partial charge on any atom is 0.240 e. The molecule has 0 aliphatic rings. The predicted molar refractivity (Wildman–Crippen MR) is 106 cm³/mol. The zero-order valence-electron chi connectivity index (χ0n) is 15.8. The highest BCUT2D eigenvalue weighted by atomic mass is 32.2. The number of aliphatic hydroxyl groups is 1. The van der Waals surface area contributed by atoms with E-state index in [0.717, 1.165) is 5.56 Å². The molecule has 1 unspecified atom stereocenters. The second-order valence-electron chi connectivity index (χ2n) is 6.58. The number of anilines is 1. The van der Waals surface area contributed by atoms with Crippen molar-refractivity contribution < 1.29 is 17.9 Å². The van der Waals surface area contributed by atoms with Gasteiger partial charge < -0.3 is 15.3 Å². The third-order valence-electron chi connectivity index (χ3n) is 4.20. The Morgan fingerprint density at radius 1 is 1.18 bits per heavy atom. The summed E-state index contributed by atoms with van der Waals surface area (Å²) in [6.07, 6.45) is 2.37. The van der Waals surface area contributed by atoms with Gasteiger partial charge in [0, 0.05) is 25.2 Å². The molecule has 3 rings (SSSR count). The molecule has 148 valence electrons. The Bertz CT molecular complexity index is 1110. The average molecular weight is 402 g/mol. The van der Waals surface area contributed by atoms with Gasteiger partial charge >= 0.3 is 0 Å². The second-order valence-corrected chi connectivity index (χ2v) is 8.34. The molecule has 0 bridgehead atoms. The van der Waals surface area contributed by atoms with E-state index in [-0.39, 0.29) is 11.4 Å². The third-order valence-corrected chi connectivity index (χ3v) is 5.63. The molecule has 4 N–H and O–H groups in total. The van der Waals surface area contributed by atoms with Gasteiger partial charge in [-0.25, -0.2) is 23.1 Å². The van der Waals surface area contributed by atoms with Crippen LogP contribution in [0.3, 0.4) is 0 Å². The van der Waals surface area contributed by atoms with Crippen molar-refractivity contribution in [3.8, 4) is 22.5 Å². The fraction of sp³-hybridized carbons (Fsp3) is 0.263.